The molecule has 2 heterocycles. The van der Waals surface area contributed by atoms with Gasteiger partial charge in [0.05, 0.1) is 12.6 Å². The van der Waals surface area contributed by atoms with Crippen molar-refractivity contribution >= 4 is 5.69 Å². The second kappa shape index (κ2) is 5.05. The zero-order valence-electron chi connectivity index (χ0n) is 11.1. The van der Waals surface area contributed by atoms with Crippen LogP contribution in [0.4, 0.5) is 5.69 Å². The van der Waals surface area contributed by atoms with E-state index in [4.69, 9.17) is 0 Å². The quantitative estimate of drug-likeness (QED) is 0.909. The maximum Gasteiger partial charge on any atom is 0.0910 e. The van der Waals surface area contributed by atoms with E-state index in [0.717, 1.165) is 6.54 Å². The Hall–Kier alpha value is -1.81. The standard InChI is InChI=1S/C15H19N3O/c1-12-9-17(15-6-3-2-5-14(12)15)10-13(19)11-18-8-4-7-16-18/h2-8,12-13,19H,9-11H2,1H3/t12-,13-/m1/s1. The number of aliphatic hydroxyl groups excluding tert-OH is 1. The summed E-state index contributed by atoms with van der Waals surface area (Å²) in [6.07, 6.45) is 3.21. The van der Waals surface area contributed by atoms with Crippen molar-refractivity contribution < 1.29 is 5.11 Å². The number of rotatable bonds is 4. The van der Waals surface area contributed by atoms with Crippen molar-refractivity contribution in [2.75, 3.05) is 18.0 Å². The number of fused-ring (bicyclic) bond motifs is 1. The van der Waals surface area contributed by atoms with Gasteiger partial charge in [0, 0.05) is 37.1 Å². The SMILES string of the molecule is C[C@@H]1CN(C[C@@H](O)Cn2cccn2)c2ccccc21. The number of para-hydroxylation sites is 1. The van der Waals surface area contributed by atoms with Crippen LogP contribution in [0.3, 0.4) is 0 Å². The molecule has 0 aliphatic carbocycles. The predicted molar refractivity (Wildman–Crippen MR) is 75.3 cm³/mol. The van der Waals surface area contributed by atoms with Crippen molar-refractivity contribution in [1.29, 1.82) is 0 Å². The topological polar surface area (TPSA) is 41.3 Å². The van der Waals surface area contributed by atoms with Crippen molar-refractivity contribution in [2.45, 2.75) is 25.5 Å². The minimum Gasteiger partial charge on any atom is -0.389 e. The summed E-state index contributed by atoms with van der Waals surface area (Å²) in [6, 6.07) is 10.3. The number of benzene rings is 1. The van der Waals surface area contributed by atoms with Crippen LogP contribution < -0.4 is 4.90 Å². The van der Waals surface area contributed by atoms with E-state index >= 15 is 0 Å². The second-order valence-corrected chi connectivity index (χ2v) is 5.25. The highest BCUT2D eigenvalue weighted by atomic mass is 16.3. The van der Waals surface area contributed by atoms with Crippen LogP contribution in [-0.2, 0) is 6.54 Å². The van der Waals surface area contributed by atoms with E-state index in [-0.39, 0.29) is 0 Å². The lowest BCUT2D eigenvalue weighted by molar-refractivity contribution is 0.155. The van der Waals surface area contributed by atoms with Gasteiger partial charge in [-0.1, -0.05) is 25.1 Å². The van der Waals surface area contributed by atoms with Crippen LogP contribution in [0.5, 0.6) is 0 Å². The fraction of sp³-hybridized carbons (Fsp3) is 0.400. The Labute approximate surface area is 113 Å². The van der Waals surface area contributed by atoms with Crippen LogP contribution in [0, 0.1) is 0 Å². The van der Waals surface area contributed by atoms with Crippen molar-refractivity contribution in [1.82, 2.24) is 9.78 Å². The molecular weight excluding hydrogens is 238 g/mol. The highest BCUT2D eigenvalue weighted by Gasteiger charge is 2.26. The van der Waals surface area contributed by atoms with Gasteiger partial charge in [0.15, 0.2) is 0 Å². The minimum absolute atomic E-state index is 0.404. The highest BCUT2D eigenvalue weighted by molar-refractivity contribution is 5.59. The molecule has 3 rings (SSSR count). The van der Waals surface area contributed by atoms with Gasteiger partial charge in [-0.15, -0.1) is 0 Å². The van der Waals surface area contributed by atoms with Crippen molar-refractivity contribution in [3.05, 3.63) is 48.3 Å². The molecular formula is C15H19N3O. The third kappa shape index (κ3) is 2.49. The normalized spacial score (nSPS) is 19.5. The van der Waals surface area contributed by atoms with Crippen molar-refractivity contribution in [2.24, 2.45) is 0 Å². The van der Waals surface area contributed by atoms with Crippen LogP contribution in [-0.4, -0.2) is 34.1 Å². The van der Waals surface area contributed by atoms with E-state index in [0.29, 0.717) is 19.0 Å². The number of aromatic nitrogens is 2. The molecule has 2 atom stereocenters. The Balaban J connectivity index is 1.68. The number of anilines is 1. The Morgan fingerprint density at radius 3 is 2.95 bits per heavy atom. The number of hydrogen-bond donors (Lipinski definition) is 1. The molecule has 1 aliphatic rings. The fourth-order valence-corrected chi connectivity index (χ4v) is 2.83. The molecule has 0 bridgehead atoms. The molecule has 1 aromatic heterocycles. The van der Waals surface area contributed by atoms with Crippen LogP contribution >= 0.6 is 0 Å². The average molecular weight is 257 g/mol. The Morgan fingerprint density at radius 2 is 2.16 bits per heavy atom. The first-order valence-electron chi connectivity index (χ1n) is 6.73. The lowest BCUT2D eigenvalue weighted by Crippen LogP contribution is -2.34. The summed E-state index contributed by atoms with van der Waals surface area (Å²) in [5, 5.41) is 14.3. The largest absolute Gasteiger partial charge is 0.389 e. The van der Waals surface area contributed by atoms with Gasteiger partial charge in [-0.05, 0) is 17.7 Å². The molecule has 1 aliphatic heterocycles. The zero-order valence-corrected chi connectivity index (χ0v) is 11.1. The maximum absolute atomic E-state index is 10.2. The van der Waals surface area contributed by atoms with Crippen LogP contribution in [0.1, 0.15) is 18.4 Å². The van der Waals surface area contributed by atoms with Crippen LogP contribution in [0.2, 0.25) is 0 Å². The van der Waals surface area contributed by atoms with Crippen molar-refractivity contribution in [3.63, 3.8) is 0 Å². The van der Waals surface area contributed by atoms with Gasteiger partial charge in [0.25, 0.3) is 0 Å². The minimum atomic E-state index is -0.404. The van der Waals surface area contributed by atoms with E-state index in [1.165, 1.54) is 11.3 Å². The molecule has 0 fully saturated rings. The molecule has 2 aromatic rings. The molecule has 0 saturated carbocycles. The Morgan fingerprint density at radius 1 is 1.32 bits per heavy atom. The molecule has 19 heavy (non-hydrogen) atoms. The molecule has 0 unspecified atom stereocenters. The molecule has 100 valence electrons. The van der Waals surface area contributed by atoms with Crippen molar-refractivity contribution in [3.8, 4) is 0 Å². The first-order chi connectivity index (χ1) is 9.24. The predicted octanol–water partition coefficient (Wildman–Crippen LogP) is 1.87. The summed E-state index contributed by atoms with van der Waals surface area (Å²) < 4.78 is 1.77. The first kappa shape index (κ1) is 12.2. The van der Waals surface area contributed by atoms with Crippen LogP contribution in [0.15, 0.2) is 42.7 Å². The second-order valence-electron chi connectivity index (χ2n) is 5.25. The number of aliphatic hydroxyl groups is 1. The lowest BCUT2D eigenvalue weighted by Gasteiger charge is -2.23. The lowest BCUT2D eigenvalue weighted by atomic mass is 10.0. The number of β-amino-alcohol motifs (C(OH)–C–C–N with tert-alkyl or cyclic N) is 1. The summed E-state index contributed by atoms with van der Waals surface area (Å²) in [7, 11) is 0. The van der Waals surface area contributed by atoms with E-state index in [1.807, 2.05) is 12.3 Å². The summed E-state index contributed by atoms with van der Waals surface area (Å²) in [6.45, 7) is 4.41. The smallest absolute Gasteiger partial charge is 0.0910 e. The van der Waals surface area contributed by atoms with E-state index < -0.39 is 6.10 Å². The summed E-state index contributed by atoms with van der Waals surface area (Å²) in [5.74, 6) is 0.535. The average Bonchev–Trinajstić information content (AvgIpc) is 3.00. The van der Waals surface area contributed by atoms with Gasteiger partial charge in [-0.25, -0.2) is 0 Å². The monoisotopic (exact) mass is 257 g/mol. The molecule has 4 nitrogen and oxygen atoms in total. The van der Waals surface area contributed by atoms with E-state index in [9.17, 15) is 5.11 Å². The summed E-state index contributed by atoms with van der Waals surface area (Å²) in [5.41, 5.74) is 2.64. The maximum atomic E-state index is 10.2. The van der Waals surface area contributed by atoms with Gasteiger partial charge < -0.3 is 10.0 Å². The number of nitrogens with zero attached hydrogens (tertiary/aromatic N) is 3. The molecule has 0 amide bonds. The van der Waals surface area contributed by atoms with Gasteiger partial charge in [0.1, 0.15) is 0 Å². The summed E-state index contributed by atoms with van der Waals surface area (Å²) in [4.78, 5) is 2.27. The summed E-state index contributed by atoms with van der Waals surface area (Å²) >= 11 is 0. The van der Waals surface area contributed by atoms with Gasteiger partial charge in [0.2, 0.25) is 0 Å². The Kier molecular flexibility index (Phi) is 3.25. The molecule has 1 aromatic carbocycles. The third-order valence-corrected chi connectivity index (χ3v) is 3.69. The third-order valence-electron chi connectivity index (χ3n) is 3.69. The zero-order chi connectivity index (χ0) is 13.2. The molecule has 4 heteroatoms. The highest BCUT2D eigenvalue weighted by Crippen LogP contribution is 2.35. The van der Waals surface area contributed by atoms with Gasteiger partial charge >= 0.3 is 0 Å². The molecule has 0 saturated heterocycles. The first-order valence-corrected chi connectivity index (χ1v) is 6.73. The van der Waals surface area contributed by atoms with E-state index in [2.05, 4.69) is 41.2 Å². The Bertz CT molecular complexity index is 538. The van der Waals surface area contributed by atoms with Gasteiger partial charge in [-0.3, -0.25) is 4.68 Å². The number of hydrogen-bond acceptors (Lipinski definition) is 3. The van der Waals surface area contributed by atoms with Gasteiger partial charge in [-0.2, -0.15) is 5.10 Å². The molecule has 0 radical (unpaired) electrons. The molecule has 1 N–H and O–H groups in total. The molecule has 0 spiro atoms. The van der Waals surface area contributed by atoms with E-state index in [1.54, 1.807) is 10.9 Å². The fourth-order valence-electron chi connectivity index (χ4n) is 2.83. The van der Waals surface area contributed by atoms with Crippen LogP contribution in [0.25, 0.3) is 0 Å².